The molecule has 2 aromatic carbocycles. The molecule has 0 fully saturated rings. The number of nitrogens with zero attached hydrogens (tertiary/aromatic N) is 2. The Balaban J connectivity index is 2.20. The van der Waals surface area contributed by atoms with Gasteiger partial charge in [-0.05, 0) is 37.3 Å². The zero-order chi connectivity index (χ0) is 18.4. The molecular weight excluding hydrogens is 342 g/mol. The maximum Gasteiger partial charge on any atom is 0.339 e. The second kappa shape index (κ2) is 7.79. The number of carbonyl (C=O) groups is 1. The number of carbonyl (C=O) groups excluding carboxylic acids is 1. The van der Waals surface area contributed by atoms with Gasteiger partial charge in [-0.25, -0.2) is 5.84 Å². The Hall–Kier alpha value is -2.89. The zero-order valence-corrected chi connectivity index (χ0v) is 14.4. The highest BCUT2D eigenvalue weighted by molar-refractivity contribution is 7.87. The molecule has 0 aliphatic carbocycles. The molecule has 0 bridgehead atoms. The summed E-state index contributed by atoms with van der Waals surface area (Å²) in [5, 5.41) is 9.43. The number of benzene rings is 2. The molecule has 0 saturated carbocycles. The maximum absolute atomic E-state index is 12.3. The molecule has 2 rings (SSSR count). The molecule has 0 aliphatic heterocycles. The van der Waals surface area contributed by atoms with Crippen molar-refractivity contribution in [2.24, 2.45) is 5.84 Å². The van der Waals surface area contributed by atoms with E-state index < -0.39 is 16.0 Å². The molecule has 0 unspecified atom stereocenters. The Kier molecular flexibility index (Phi) is 5.75. The van der Waals surface area contributed by atoms with Gasteiger partial charge in [0, 0.05) is 5.56 Å². The lowest BCUT2D eigenvalue weighted by atomic mass is 10.2. The van der Waals surface area contributed by atoms with Crippen LogP contribution < -0.4 is 10.0 Å². The van der Waals surface area contributed by atoms with Crippen LogP contribution in [0.5, 0.6) is 5.75 Å². The van der Waals surface area contributed by atoms with E-state index in [1.807, 2.05) is 13.0 Å². The molecule has 0 atom stereocenters. The SMILES string of the molecule is Cc1ccc(S(=O)(=O)Oc2cccc(C(=O)N(N)CCC#N)c2)cc1. The molecule has 0 radical (unpaired) electrons. The molecule has 130 valence electrons. The average molecular weight is 359 g/mol. The third kappa shape index (κ3) is 4.79. The van der Waals surface area contributed by atoms with Crippen molar-refractivity contribution in [3.8, 4) is 11.8 Å². The van der Waals surface area contributed by atoms with Crippen LogP contribution in [0.15, 0.2) is 53.4 Å². The van der Waals surface area contributed by atoms with Gasteiger partial charge in [-0.2, -0.15) is 13.7 Å². The fourth-order valence-corrected chi connectivity index (χ4v) is 2.92. The van der Waals surface area contributed by atoms with E-state index in [0.717, 1.165) is 10.6 Å². The van der Waals surface area contributed by atoms with Crippen molar-refractivity contribution >= 4 is 16.0 Å². The summed E-state index contributed by atoms with van der Waals surface area (Å²) in [5.74, 6) is 5.06. The number of hydrazine groups is 1. The Morgan fingerprint density at radius 3 is 2.56 bits per heavy atom. The molecule has 0 aliphatic rings. The summed E-state index contributed by atoms with van der Waals surface area (Å²) in [5.41, 5.74) is 1.09. The number of hydrogen-bond acceptors (Lipinski definition) is 6. The molecule has 1 amide bonds. The minimum Gasteiger partial charge on any atom is -0.379 e. The lowest BCUT2D eigenvalue weighted by Gasteiger charge is -2.15. The molecule has 8 heteroatoms. The molecule has 0 spiro atoms. The fourth-order valence-electron chi connectivity index (χ4n) is 2.00. The summed E-state index contributed by atoms with van der Waals surface area (Å²) < 4.78 is 29.7. The summed E-state index contributed by atoms with van der Waals surface area (Å²) in [7, 11) is -4.01. The van der Waals surface area contributed by atoms with Gasteiger partial charge in [0.05, 0.1) is 19.0 Å². The van der Waals surface area contributed by atoms with Crippen LogP contribution in [0, 0.1) is 18.3 Å². The largest absolute Gasteiger partial charge is 0.379 e. The Labute approximate surface area is 146 Å². The first kappa shape index (κ1) is 18.4. The average Bonchev–Trinajstić information content (AvgIpc) is 2.59. The number of hydrogen-bond donors (Lipinski definition) is 1. The molecule has 25 heavy (non-hydrogen) atoms. The second-order valence-electron chi connectivity index (χ2n) is 5.29. The third-order valence-electron chi connectivity index (χ3n) is 3.32. The third-order valence-corrected chi connectivity index (χ3v) is 4.58. The maximum atomic E-state index is 12.3. The Morgan fingerprint density at radius 1 is 1.24 bits per heavy atom. The summed E-state index contributed by atoms with van der Waals surface area (Å²) >= 11 is 0. The van der Waals surface area contributed by atoms with Crippen molar-refractivity contribution in [1.82, 2.24) is 5.01 Å². The fraction of sp³-hybridized carbons (Fsp3) is 0.176. The number of nitrogens with two attached hydrogens (primary N) is 1. The predicted octanol–water partition coefficient (Wildman–Crippen LogP) is 1.99. The van der Waals surface area contributed by atoms with Crippen molar-refractivity contribution < 1.29 is 17.4 Å². The minimum atomic E-state index is -4.01. The molecule has 0 aromatic heterocycles. The molecular formula is C17H17N3O4S. The molecule has 7 nitrogen and oxygen atoms in total. The van der Waals surface area contributed by atoms with Crippen LogP contribution in [-0.2, 0) is 10.1 Å². The first-order valence-electron chi connectivity index (χ1n) is 7.38. The summed E-state index contributed by atoms with van der Waals surface area (Å²) in [6.45, 7) is 1.92. The van der Waals surface area contributed by atoms with Gasteiger partial charge in [0.15, 0.2) is 0 Å². The standard InChI is InChI=1S/C17H17N3O4S/c1-13-6-8-16(9-7-13)25(22,23)24-15-5-2-4-14(12-15)17(21)20(19)11-3-10-18/h2,4-9,12H,3,11,19H2,1H3. The summed E-state index contributed by atoms with van der Waals surface area (Å²) in [6, 6.07) is 13.8. The van der Waals surface area contributed by atoms with E-state index in [9.17, 15) is 13.2 Å². The number of aryl methyl sites for hydroxylation is 1. The van der Waals surface area contributed by atoms with Crippen molar-refractivity contribution in [3.05, 3.63) is 59.7 Å². The molecule has 0 heterocycles. The van der Waals surface area contributed by atoms with Gasteiger partial charge in [0.2, 0.25) is 0 Å². The van der Waals surface area contributed by atoms with E-state index in [-0.39, 0.29) is 29.2 Å². The first-order valence-corrected chi connectivity index (χ1v) is 8.79. The quantitative estimate of drug-likeness (QED) is 0.365. The summed E-state index contributed by atoms with van der Waals surface area (Å²) in [4.78, 5) is 12.2. The highest BCUT2D eigenvalue weighted by atomic mass is 32.2. The van der Waals surface area contributed by atoms with E-state index >= 15 is 0 Å². The van der Waals surface area contributed by atoms with Crippen molar-refractivity contribution in [2.45, 2.75) is 18.2 Å². The summed E-state index contributed by atoms with van der Waals surface area (Å²) in [6.07, 6.45) is 0.0975. The van der Waals surface area contributed by atoms with Gasteiger partial charge in [0.1, 0.15) is 10.6 Å². The zero-order valence-electron chi connectivity index (χ0n) is 13.5. The highest BCUT2D eigenvalue weighted by Gasteiger charge is 2.18. The van der Waals surface area contributed by atoms with Gasteiger partial charge in [-0.15, -0.1) is 0 Å². The topological polar surface area (TPSA) is 113 Å². The highest BCUT2D eigenvalue weighted by Crippen LogP contribution is 2.20. The second-order valence-corrected chi connectivity index (χ2v) is 6.83. The van der Waals surface area contributed by atoms with Crippen LogP contribution >= 0.6 is 0 Å². The number of amides is 1. The Bertz CT molecular complexity index is 902. The van der Waals surface area contributed by atoms with Crippen LogP contribution in [0.3, 0.4) is 0 Å². The van der Waals surface area contributed by atoms with Gasteiger partial charge < -0.3 is 4.18 Å². The van der Waals surface area contributed by atoms with E-state index in [2.05, 4.69) is 0 Å². The van der Waals surface area contributed by atoms with E-state index in [1.165, 1.54) is 36.4 Å². The lowest BCUT2D eigenvalue weighted by molar-refractivity contribution is 0.0758. The molecule has 0 saturated heterocycles. The van der Waals surface area contributed by atoms with Crippen LogP contribution in [0.1, 0.15) is 22.3 Å². The smallest absolute Gasteiger partial charge is 0.339 e. The number of nitriles is 1. The van der Waals surface area contributed by atoms with Gasteiger partial charge in [0.25, 0.3) is 5.91 Å². The Morgan fingerprint density at radius 2 is 1.92 bits per heavy atom. The van der Waals surface area contributed by atoms with E-state index in [0.29, 0.717) is 0 Å². The van der Waals surface area contributed by atoms with E-state index in [1.54, 1.807) is 12.1 Å². The van der Waals surface area contributed by atoms with Crippen LogP contribution in [0.2, 0.25) is 0 Å². The minimum absolute atomic E-state index is 0.000100. The van der Waals surface area contributed by atoms with Gasteiger partial charge in [-0.3, -0.25) is 9.80 Å². The van der Waals surface area contributed by atoms with E-state index in [4.69, 9.17) is 15.3 Å². The van der Waals surface area contributed by atoms with Crippen LogP contribution in [0.4, 0.5) is 0 Å². The molecule has 2 aromatic rings. The first-order chi connectivity index (χ1) is 11.8. The predicted molar refractivity (Wildman–Crippen MR) is 90.9 cm³/mol. The van der Waals surface area contributed by atoms with Gasteiger partial charge in [-0.1, -0.05) is 23.8 Å². The monoisotopic (exact) mass is 359 g/mol. The molecule has 2 N–H and O–H groups in total. The van der Waals surface area contributed by atoms with Gasteiger partial charge >= 0.3 is 10.1 Å². The van der Waals surface area contributed by atoms with Crippen molar-refractivity contribution in [1.29, 1.82) is 5.26 Å². The number of rotatable bonds is 6. The normalized spacial score (nSPS) is 10.8. The van der Waals surface area contributed by atoms with Crippen LogP contribution in [0.25, 0.3) is 0 Å². The van der Waals surface area contributed by atoms with Crippen molar-refractivity contribution in [3.63, 3.8) is 0 Å². The van der Waals surface area contributed by atoms with Crippen molar-refractivity contribution in [2.75, 3.05) is 6.54 Å². The lowest BCUT2D eigenvalue weighted by Crippen LogP contribution is -2.38. The van der Waals surface area contributed by atoms with Crippen LogP contribution in [-0.4, -0.2) is 25.9 Å².